The van der Waals surface area contributed by atoms with Gasteiger partial charge in [-0.3, -0.25) is 0 Å². The van der Waals surface area contributed by atoms with Crippen molar-refractivity contribution in [1.82, 2.24) is 0 Å². The van der Waals surface area contributed by atoms with E-state index in [-0.39, 0.29) is 40.5 Å². The molecular formula is C10H30ClCoOP3+2. The minimum atomic E-state index is 0. The normalized spacial score (nSPS) is 7.56. The Morgan fingerprint density at radius 2 is 0.688 bits per heavy atom. The van der Waals surface area contributed by atoms with Gasteiger partial charge in [0.2, 0.25) is 0 Å². The molecule has 0 saturated heterocycles. The molecule has 0 atom stereocenters. The smallest absolute Gasteiger partial charge is 0.0461 e. The Hall–Kier alpha value is 1.76. The Morgan fingerprint density at radius 1 is 0.688 bits per heavy atom. The summed E-state index contributed by atoms with van der Waals surface area (Å²) in [5.74, 6) is 0.972. The van der Waals surface area contributed by atoms with E-state index in [0.717, 1.165) is 5.75 Å². The van der Waals surface area contributed by atoms with Crippen LogP contribution in [0.4, 0.5) is 0 Å². The van der Waals surface area contributed by atoms with Crippen LogP contribution in [-0.2, 0) is 21.6 Å². The van der Waals surface area contributed by atoms with Gasteiger partial charge in [-0.2, -0.15) is 5.75 Å². The summed E-state index contributed by atoms with van der Waals surface area (Å²) in [5.41, 5.74) is 0. The van der Waals surface area contributed by atoms with Crippen LogP contribution in [0.1, 0.15) is 0 Å². The first-order valence-electron chi connectivity index (χ1n) is 4.89. The predicted molar refractivity (Wildman–Crippen MR) is 89.8 cm³/mol. The second-order valence-electron chi connectivity index (χ2n) is 4.58. The third-order valence-corrected chi connectivity index (χ3v) is 0. The molecular weight excluding hydrogens is 323 g/mol. The number of carbonyl (C=O) groups excluding carboxylic acids is 1. The van der Waals surface area contributed by atoms with E-state index in [1.807, 2.05) is 0 Å². The first-order chi connectivity index (χ1) is 6.61. The Balaban J connectivity index is -0.0000000331. The number of halogens is 1. The van der Waals surface area contributed by atoms with Crippen LogP contribution in [0, 0.1) is 0 Å². The first-order valence-corrected chi connectivity index (χ1v) is 14.3. The van der Waals surface area contributed by atoms with Gasteiger partial charge in [0.25, 0.3) is 0 Å². The van der Waals surface area contributed by atoms with E-state index in [0.29, 0.717) is 0 Å². The van der Waals surface area contributed by atoms with Gasteiger partial charge in [-0.1, -0.05) is 0 Å². The van der Waals surface area contributed by atoms with Gasteiger partial charge >= 0.3 is 0 Å². The molecule has 0 fully saturated rings. The minimum Gasteiger partial charge on any atom is -0.525 e. The van der Waals surface area contributed by atoms with Crippen LogP contribution in [0.3, 0.4) is 0 Å². The zero-order valence-electron chi connectivity index (χ0n) is 12.1. The molecule has 0 N–H and O–H groups in total. The standard InChI is InChI=1S/3C3H9P.CClO.Co/c3*1-4(2)3;2-1-3;/h3*1-3H3;;/q;;;-1;/p+3. The summed E-state index contributed by atoms with van der Waals surface area (Å²) in [4.78, 5) is 8.45. The van der Waals surface area contributed by atoms with Crippen molar-refractivity contribution in [3.63, 3.8) is 0 Å². The number of hydrogen-bond acceptors (Lipinski definition) is 1. The molecule has 0 heterocycles. The van der Waals surface area contributed by atoms with E-state index in [9.17, 15) is 0 Å². The van der Waals surface area contributed by atoms with Crippen molar-refractivity contribution in [2.45, 2.75) is 0 Å². The fraction of sp³-hybridized carbons (Fsp3) is 0.900. The second-order valence-corrected chi connectivity index (χ2v) is 13.7. The van der Waals surface area contributed by atoms with E-state index in [2.05, 4.69) is 71.6 Å². The summed E-state index contributed by atoms with van der Waals surface area (Å²) in [5, 5.41) is 0. The van der Waals surface area contributed by atoms with Crippen LogP contribution in [-0.4, -0.2) is 65.7 Å². The molecule has 0 aliphatic carbocycles. The number of rotatable bonds is 0. The molecule has 0 bridgehead atoms. The van der Waals surface area contributed by atoms with E-state index in [4.69, 9.17) is 4.79 Å². The molecule has 0 rings (SSSR count). The molecule has 0 unspecified atom stereocenters. The molecule has 1 nitrogen and oxygen atoms in total. The van der Waals surface area contributed by atoms with Gasteiger partial charge in [-0.05, 0) is 23.8 Å². The van der Waals surface area contributed by atoms with Crippen LogP contribution in [0.15, 0.2) is 0 Å². The van der Waals surface area contributed by atoms with Gasteiger partial charge in [0.05, 0.1) is 0 Å². The average Bonchev–Trinajstić information content (AvgIpc) is 1.81. The molecule has 6 heteroatoms. The minimum absolute atomic E-state index is 0. The van der Waals surface area contributed by atoms with Crippen LogP contribution in [0.2, 0.25) is 0 Å². The number of hydrogen-bond donors (Lipinski definition) is 0. The van der Waals surface area contributed by atoms with Gasteiger partial charge in [0.1, 0.15) is 0 Å². The summed E-state index contributed by atoms with van der Waals surface area (Å²) in [7, 11) is 0.361. The van der Waals surface area contributed by atoms with Crippen LogP contribution in [0.5, 0.6) is 0 Å². The quantitative estimate of drug-likeness (QED) is 0.370. The van der Waals surface area contributed by atoms with E-state index < -0.39 is 0 Å². The van der Waals surface area contributed by atoms with Gasteiger partial charge in [0.15, 0.2) is 0 Å². The fourth-order valence-corrected chi connectivity index (χ4v) is 0. The van der Waals surface area contributed by atoms with Gasteiger partial charge in [-0.15, -0.1) is 0 Å². The summed E-state index contributed by atoms with van der Waals surface area (Å²) in [6, 6.07) is 0. The third-order valence-electron chi connectivity index (χ3n) is 0. The predicted octanol–water partition coefficient (Wildman–Crippen LogP) is 3.56. The zero-order chi connectivity index (χ0) is 13.4. The topological polar surface area (TPSA) is 17.1 Å². The van der Waals surface area contributed by atoms with Crippen molar-refractivity contribution in [3.8, 4) is 0 Å². The Bertz CT molecular complexity index is 81.5. The zero-order valence-corrected chi connectivity index (χ0v) is 16.9. The largest absolute Gasteiger partial charge is 0.525 e. The molecule has 105 valence electrons. The Kier molecular flexibility index (Phi) is 57.6. The SMILES string of the molecule is C[PH+](C)C.C[PH+](C)C.C[PH+](C)C.O=[C-]Cl.[Co]. The van der Waals surface area contributed by atoms with E-state index in [1.54, 1.807) is 0 Å². The first kappa shape index (κ1) is 30.6. The van der Waals surface area contributed by atoms with E-state index in [1.165, 1.54) is 0 Å². The van der Waals surface area contributed by atoms with Crippen molar-refractivity contribution < 1.29 is 21.6 Å². The van der Waals surface area contributed by atoms with Gasteiger partial charge < -0.3 is 16.4 Å². The molecule has 0 saturated carbocycles. The maximum atomic E-state index is 8.45. The molecule has 0 aromatic carbocycles. The van der Waals surface area contributed by atoms with Crippen molar-refractivity contribution in [2.75, 3.05) is 60.0 Å². The molecule has 0 aliphatic rings. The molecule has 0 spiro atoms. The Morgan fingerprint density at radius 3 is 0.688 bits per heavy atom. The van der Waals surface area contributed by atoms with Crippen molar-refractivity contribution in [1.29, 1.82) is 0 Å². The molecule has 0 aromatic heterocycles. The van der Waals surface area contributed by atoms with Crippen LogP contribution < -0.4 is 0 Å². The average molecular weight is 354 g/mol. The van der Waals surface area contributed by atoms with Gasteiger partial charge in [0, 0.05) is 76.8 Å². The maximum Gasteiger partial charge on any atom is 0.0461 e. The summed E-state index contributed by atoms with van der Waals surface area (Å²) < 4.78 is 0. The molecule has 1 radical (unpaired) electrons. The second kappa shape index (κ2) is 30.1. The van der Waals surface area contributed by atoms with Crippen LogP contribution >= 0.6 is 35.4 Å². The summed E-state index contributed by atoms with van der Waals surface area (Å²) in [6.07, 6.45) is 0. The van der Waals surface area contributed by atoms with E-state index >= 15 is 0 Å². The molecule has 0 aliphatic heterocycles. The summed E-state index contributed by atoms with van der Waals surface area (Å²) >= 11 is 4.19. The van der Waals surface area contributed by atoms with Crippen molar-refractivity contribution >= 4 is 41.1 Å². The fourth-order valence-electron chi connectivity index (χ4n) is 0. The maximum absolute atomic E-state index is 8.45. The summed E-state index contributed by atoms with van der Waals surface area (Å²) in [6.45, 7) is 20.4. The monoisotopic (exact) mass is 353 g/mol. The van der Waals surface area contributed by atoms with Gasteiger partial charge in [-0.25, -0.2) is 0 Å². The molecule has 0 amide bonds. The third kappa shape index (κ3) is 1110. The van der Waals surface area contributed by atoms with Crippen molar-refractivity contribution in [3.05, 3.63) is 0 Å². The van der Waals surface area contributed by atoms with Crippen LogP contribution in [0.25, 0.3) is 0 Å². The Labute approximate surface area is 122 Å². The molecule has 16 heavy (non-hydrogen) atoms. The molecule has 0 aromatic rings. The van der Waals surface area contributed by atoms with Crippen molar-refractivity contribution in [2.24, 2.45) is 0 Å².